The summed E-state index contributed by atoms with van der Waals surface area (Å²) in [7, 11) is 0. The van der Waals surface area contributed by atoms with Crippen molar-refractivity contribution in [3.63, 3.8) is 0 Å². The molecule has 1 aromatic carbocycles. The van der Waals surface area contributed by atoms with Gasteiger partial charge in [0.25, 0.3) is 0 Å². The Morgan fingerprint density at radius 1 is 1.42 bits per heavy atom. The van der Waals surface area contributed by atoms with Gasteiger partial charge < -0.3 is 5.32 Å². The van der Waals surface area contributed by atoms with Gasteiger partial charge in [-0.1, -0.05) is 11.6 Å². The van der Waals surface area contributed by atoms with Crippen molar-refractivity contribution in [3.8, 4) is 6.07 Å². The second-order valence-corrected chi connectivity index (χ2v) is 6.00. The summed E-state index contributed by atoms with van der Waals surface area (Å²) < 4.78 is 0. The number of hydrogen-bond donors (Lipinski definition) is 1. The van der Waals surface area contributed by atoms with Crippen molar-refractivity contribution >= 4 is 28.6 Å². The summed E-state index contributed by atoms with van der Waals surface area (Å²) in [6.45, 7) is 6.07. The highest BCUT2D eigenvalue weighted by atomic mass is 35.5. The molecule has 0 aliphatic carbocycles. The highest BCUT2D eigenvalue weighted by Gasteiger charge is 2.14. The molecule has 0 aliphatic rings. The maximum absolute atomic E-state index is 8.92. The van der Waals surface area contributed by atoms with Crippen molar-refractivity contribution in [1.29, 1.82) is 5.26 Å². The predicted molar refractivity (Wildman–Crippen MR) is 79.8 cm³/mol. The van der Waals surface area contributed by atoms with Gasteiger partial charge in [-0.05, 0) is 39.0 Å². The van der Waals surface area contributed by atoms with Crippen LogP contribution in [-0.2, 0) is 0 Å². The Morgan fingerprint density at radius 3 is 2.74 bits per heavy atom. The smallest absolute Gasteiger partial charge is 0.0992 e. The lowest BCUT2D eigenvalue weighted by atomic mass is 10.2. The highest BCUT2D eigenvalue weighted by Crippen LogP contribution is 2.30. The Labute approximate surface area is 121 Å². The Balaban J connectivity index is 2.26. The second-order valence-electron chi connectivity index (χ2n) is 4.35. The van der Waals surface area contributed by atoms with Crippen molar-refractivity contribution in [2.24, 2.45) is 0 Å². The van der Waals surface area contributed by atoms with Gasteiger partial charge in [-0.2, -0.15) is 5.26 Å². The van der Waals surface area contributed by atoms with Crippen molar-refractivity contribution in [2.45, 2.75) is 26.8 Å². The fourth-order valence-electron chi connectivity index (χ4n) is 1.95. The molecule has 0 aliphatic heterocycles. The molecule has 1 unspecified atom stereocenters. The van der Waals surface area contributed by atoms with E-state index in [2.05, 4.69) is 23.3 Å². The van der Waals surface area contributed by atoms with Crippen LogP contribution < -0.4 is 5.32 Å². The van der Waals surface area contributed by atoms with Gasteiger partial charge in [0.05, 0.1) is 39.1 Å². The van der Waals surface area contributed by atoms with Crippen LogP contribution in [0.3, 0.4) is 0 Å². The molecule has 98 valence electrons. The Morgan fingerprint density at radius 2 is 2.16 bits per heavy atom. The number of hydrogen-bond acceptors (Lipinski definition) is 4. The Bertz CT molecular complexity index is 643. The normalized spacial score (nSPS) is 11.9. The lowest BCUT2D eigenvalue weighted by molar-refractivity contribution is 0.890. The average molecular weight is 292 g/mol. The zero-order valence-electron chi connectivity index (χ0n) is 11.0. The number of thiazole rings is 1. The summed E-state index contributed by atoms with van der Waals surface area (Å²) in [6, 6.07) is 7.43. The van der Waals surface area contributed by atoms with Crippen LogP contribution in [0.1, 0.15) is 34.1 Å². The molecule has 2 rings (SSSR count). The number of halogens is 1. The van der Waals surface area contributed by atoms with Gasteiger partial charge >= 0.3 is 0 Å². The second kappa shape index (κ2) is 5.60. The molecule has 3 nitrogen and oxygen atoms in total. The van der Waals surface area contributed by atoms with Crippen molar-refractivity contribution in [3.05, 3.63) is 44.4 Å². The van der Waals surface area contributed by atoms with Crippen LogP contribution in [0.5, 0.6) is 0 Å². The monoisotopic (exact) mass is 291 g/mol. The summed E-state index contributed by atoms with van der Waals surface area (Å²) in [4.78, 5) is 5.61. The molecule has 0 saturated heterocycles. The number of aromatic nitrogens is 1. The molecule has 1 heterocycles. The van der Waals surface area contributed by atoms with Gasteiger partial charge in [-0.25, -0.2) is 4.98 Å². The molecule has 1 N–H and O–H groups in total. The number of anilines is 1. The van der Waals surface area contributed by atoms with E-state index >= 15 is 0 Å². The summed E-state index contributed by atoms with van der Waals surface area (Å²) in [5, 5.41) is 13.9. The lowest BCUT2D eigenvalue weighted by Gasteiger charge is -2.15. The number of benzene rings is 1. The van der Waals surface area contributed by atoms with Gasteiger partial charge in [-0.3, -0.25) is 0 Å². The first-order chi connectivity index (χ1) is 9.01. The van der Waals surface area contributed by atoms with Gasteiger partial charge in [0, 0.05) is 4.88 Å². The minimum Gasteiger partial charge on any atom is -0.376 e. The summed E-state index contributed by atoms with van der Waals surface area (Å²) in [5.74, 6) is 0. The molecule has 1 aromatic heterocycles. The number of aryl methyl sites for hydroxylation is 2. The maximum Gasteiger partial charge on any atom is 0.0992 e. The standard InChI is InChI=1S/C14H14ClN3S/c1-8-14(19-10(3)17-8)9(2)18-13-6-11(7-16)4-5-12(13)15/h4-6,9,18H,1-3H3. The summed E-state index contributed by atoms with van der Waals surface area (Å²) >= 11 is 7.82. The van der Waals surface area contributed by atoms with E-state index < -0.39 is 0 Å². The van der Waals surface area contributed by atoms with Gasteiger partial charge in [0.15, 0.2) is 0 Å². The molecule has 2 aromatic rings. The first kappa shape index (κ1) is 13.9. The van der Waals surface area contributed by atoms with E-state index in [-0.39, 0.29) is 6.04 Å². The number of nitrogens with zero attached hydrogens (tertiary/aromatic N) is 2. The van der Waals surface area contributed by atoms with Crippen molar-refractivity contribution in [2.75, 3.05) is 5.32 Å². The zero-order chi connectivity index (χ0) is 14.0. The van der Waals surface area contributed by atoms with Crippen molar-refractivity contribution < 1.29 is 0 Å². The van der Waals surface area contributed by atoms with Crippen LogP contribution in [0.4, 0.5) is 5.69 Å². The molecule has 5 heteroatoms. The average Bonchev–Trinajstić information content (AvgIpc) is 2.71. The molecule has 0 spiro atoms. The van der Waals surface area contributed by atoms with Crippen LogP contribution in [0.25, 0.3) is 0 Å². The zero-order valence-corrected chi connectivity index (χ0v) is 12.6. The van der Waals surface area contributed by atoms with Crippen LogP contribution in [0.15, 0.2) is 18.2 Å². The van der Waals surface area contributed by atoms with Crippen LogP contribution in [-0.4, -0.2) is 4.98 Å². The van der Waals surface area contributed by atoms with Gasteiger partial charge in [0.2, 0.25) is 0 Å². The third-order valence-electron chi connectivity index (χ3n) is 2.80. The van der Waals surface area contributed by atoms with E-state index in [1.807, 2.05) is 13.8 Å². The minimum atomic E-state index is 0.109. The molecule has 0 amide bonds. The quantitative estimate of drug-likeness (QED) is 0.908. The first-order valence-electron chi connectivity index (χ1n) is 5.91. The van der Waals surface area contributed by atoms with E-state index in [0.29, 0.717) is 10.6 Å². The third-order valence-corrected chi connectivity index (χ3v) is 4.39. The minimum absolute atomic E-state index is 0.109. The van der Waals surface area contributed by atoms with Crippen LogP contribution in [0.2, 0.25) is 5.02 Å². The van der Waals surface area contributed by atoms with E-state index in [9.17, 15) is 0 Å². The molecular formula is C14H14ClN3S. The number of nitriles is 1. The molecular weight excluding hydrogens is 278 g/mol. The fraction of sp³-hybridized carbons (Fsp3) is 0.286. The van der Waals surface area contributed by atoms with E-state index in [1.165, 1.54) is 4.88 Å². The molecule has 0 radical (unpaired) electrons. The molecule has 0 saturated carbocycles. The number of nitrogens with one attached hydrogen (secondary N) is 1. The van der Waals surface area contributed by atoms with E-state index in [0.717, 1.165) is 16.4 Å². The molecule has 1 atom stereocenters. The van der Waals surface area contributed by atoms with Crippen LogP contribution in [0, 0.1) is 25.2 Å². The van der Waals surface area contributed by atoms with Gasteiger partial charge in [0.1, 0.15) is 0 Å². The largest absolute Gasteiger partial charge is 0.376 e. The first-order valence-corrected chi connectivity index (χ1v) is 7.11. The van der Waals surface area contributed by atoms with Crippen molar-refractivity contribution in [1.82, 2.24) is 4.98 Å². The van der Waals surface area contributed by atoms with E-state index in [1.54, 1.807) is 29.5 Å². The summed E-state index contributed by atoms with van der Waals surface area (Å²) in [5.41, 5.74) is 2.41. The topological polar surface area (TPSA) is 48.7 Å². The van der Waals surface area contributed by atoms with Gasteiger partial charge in [-0.15, -0.1) is 11.3 Å². The Hall–Kier alpha value is -1.57. The Kier molecular flexibility index (Phi) is 4.08. The molecule has 19 heavy (non-hydrogen) atoms. The lowest BCUT2D eigenvalue weighted by Crippen LogP contribution is -2.07. The summed E-state index contributed by atoms with van der Waals surface area (Å²) in [6.07, 6.45) is 0. The fourth-order valence-corrected chi connectivity index (χ4v) is 3.06. The maximum atomic E-state index is 8.92. The van der Waals surface area contributed by atoms with Crippen LogP contribution >= 0.6 is 22.9 Å². The SMILES string of the molecule is Cc1nc(C)c(C(C)Nc2cc(C#N)ccc2Cl)s1. The highest BCUT2D eigenvalue weighted by molar-refractivity contribution is 7.11. The molecule has 0 bridgehead atoms. The predicted octanol–water partition coefficient (Wildman–Crippen LogP) is 4.46. The molecule has 0 fully saturated rings. The number of rotatable bonds is 3. The third kappa shape index (κ3) is 3.06. The van der Waals surface area contributed by atoms with E-state index in [4.69, 9.17) is 16.9 Å².